The van der Waals surface area contributed by atoms with Crippen LogP contribution < -0.4 is 9.47 Å². The van der Waals surface area contributed by atoms with Crippen LogP contribution in [0.15, 0.2) is 97.1 Å². The van der Waals surface area contributed by atoms with Gasteiger partial charge >= 0.3 is 11.9 Å². The summed E-state index contributed by atoms with van der Waals surface area (Å²) in [6.45, 7) is 12.7. The van der Waals surface area contributed by atoms with Gasteiger partial charge in [0.15, 0.2) is 0 Å². The van der Waals surface area contributed by atoms with Gasteiger partial charge in [0.25, 0.3) is 0 Å². The first-order chi connectivity index (χ1) is 21.3. The standard InChI is InChI=1S/C38H46O6/c1-29(2)37(39)43-27-10-7-5-6-9-25-41-35-21-17-33(18-22-35)31-13-15-32(16-14-31)34-19-23-36(24-20-34)42-26-11-8-12-28-44-38(40)30(3)4/h13-24H,1,3,5-12,25-28H2,2,4H3. The predicted octanol–water partition coefficient (Wildman–Crippen LogP) is 9.14. The molecule has 0 N–H and O–H groups in total. The fourth-order valence-corrected chi connectivity index (χ4v) is 4.41. The fraction of sp³-hybridized carbons (Fsp3) is 0.368. The minimum Gasteiger partial charge on any atom is -0.494 e. The van der Waals surface area contributed by atoms with Crippen molar-refractivity contribution < 1.29 is 28.5 Å². The number of carbonyl (C=O) groups excluding carboxylic acids is 2. The molecule has 0 saturated carbocycles. The summed E-state index contributed by atoms with van der Waals surface area (Å²) < 4.78 is 22.0. The van der Waals surface area contributed by atoms with E-state index in [4.69, 9.17) is 18.9 Å². The lowest BCUT2D eigenvalue weighted by Crippen LogP contribution is -2.06. The summed E-state index contributed by atoms with van der Waals surface area (Å²) in [6, 6.07) is 25.0. The number of carbonyl (C=O) groups is 2. The number of esters is 2. The number of benzene rings is 3. The van der Waals surface area contributed by atoms with Crippen LogP contribution in [0.25, 0.3) is 22.3 Å². The lowest BCUT2D eigenvalue weighted by molar-refractivity contribution is -0.139. The molecule has 0 radical (unpaired) electrons. The Bertz CT molecular complexity index is 1320. The largest absolute Gasteiger partial charge is 0.494 e. The number of unbranched alkanes of at least 4 members (excludes halogenated alkanes) is 6. The molecule has 0 bridgehead atoms. The molecule has 0 saturated heterocycles. The second-order valence-corrected chi connectivity index (χ2v) is 11.0. The van der Waals surface area contributed by atoms with Crippen LogP contribution in [0.3, 0.4) is 0 Å². The summed E-state index contributed by atoms with van der Waals surface area (Å²) >= 11 is 0. The number of rotatable bonds is 20. The molecule has 44 heavy (non-hydrogen) atoms. The highest BCUT2D eigenvalue weighted by atomic mass is 16.5. The molecule has 3 aromatic carbocycles. The Morgan fingerprint density at radius 3 is 1.07 bits per heavy atom. The zero-order valence-electron chi connectivity index (χ0n) is 26.3. The van der Waals surface area contributed by atoms with E-state index in [2.05, 4.69) is 61.7 Å². The molecule has 6 nitrogen and oxygen atoms in total. The molecule has 0 aliphatic heterocycles. The maximum atomic E-state index is 11.4. The van der Waals surface area contributed by atoms with E-state index in [0.29, 0.717) is 37.6 Å². The normalized spacial score (nSPS) is 10.6. The van der Waals surface area contributed by atoms with Gasteiger partial charge in [0.05, 0.1) is 26.4 Å². The maximum absolute atomic E-state index is 11.4. The number of hydrogen-bond acceptors (Lipinski definition) is 6. The number of hydrogen-bond donors (Lipinski definition) is 0. The van der Waals surface area contributed by atoms with E-state index in [0.717, 1.165) is 85.1 Å². The summed E-state index contributed by atoms with van der Waals surface area (Å²) in [5.74, 6) is 1.09. The van der Waals surface area contributed by atoms with Gasteiger partial charge in [-0.25, -0.2) is 9.59 Å². The Balaban J connectivity index is 1.32. The second kappa shape index (κ2) is 19.1. The molecule has 3 aromatic rings. The van der Waals surface area contributed by atoms with E-state index in [1.54, 1.807) is 13.8 Å². The molecule has 0 unspecified atom stereocenters. The molecule has 0 amide bonds. The van der Waals surface area contributed by atoms with Gasteiger partial charge in [0.1, 0.15) is 11.5 Å². The molecule has 0 aliphatic carbocycles. The fourth-order valence-electron chi connectivity index (χ4n) is 4.41. The van der Waals surface area contributed by atoms with Crippen LogP contribution in [-0.4, -0.2) is 38.4 Å². The van der Waals surface area contributed by atoms with Gasteiger partial charge in [-0.1, -0.05) is 81.0 Å². The monoisotopic (exact) mass is 598 g/mol. The third kappa shape index (κ3) is 12.5. The first-order valence-corrected chi connectivity index (χ1v) is 15.6. The summed E-state index contributed by atoms with van der Waals surface area (Å²) in [5.41, 5.74) is 5.46. The molecule has 234 valence electrons. The second-order valence-electron chi connectivity index (χ2n) is 11.0. The summed E-state index contributed by atoms with van der Waals surface area (Å²) in [4.78, 5) is 22.7. The van der Waals surface area contributed by atoms with Crippen molar-refractivity contribution >= 4 is 11.9 Å². The minimum absolute atomic E-state index is 0.308. The molecule has 0 aliphatic rings. The smallest absolute Gasteiger partial charge is 0.333 e. The summed E-state index contributed by atoms with van der Waals surface area (Å²) in [6.07, 6.45) is 7.76. The van der Waals surface area contributed by atoms with Gasteiger partial charge in [-0.05, 0) is 92.5 Å². The van der Waals surface area contributed by atoms with Crippen LogP contribution in [0.1, 0.15) is 65.2 Å². The highest BCUT2D eigenvalue weighted by Gasteiger charge is 2.05. The van der Waals surface area contributed by atoms with Crippen LogP contribution in [0.4, 0.5) is 0 Å². The Hall–Kier alpha value is -4.32. The maximum Gasteiger partial charge on any atom is 0.333 e. The van der Waals surface area contributed by atoms with E-state index < -0.39 is 0 Å². The molecule has 0 atom stereocenters. The third-order valence-electron chi connectivity index (χ3n) is 7.04. The molecular formula is C38H46O6. The number of ether oxygens (including phenoxy) is 4. The van der Waals surface area contributed by atoms with Crippen molar-refractivity contribution in [2.75, 3.05) is 26.4 Å². The van der Waals surface area contributed by atoms with E-state index in [9.17, 15) is 9.59 Å². The zero-order chi connectivity index (χ0) is 31.6. The quantitative estimate of drug-likeness (QED) is 0.0734. The van der Waals surface area contributed by atoms with E-state index in [-0.39, 0.29) is 11.9 Å². The van der Waals surface area contributed by atoms with Crippen LogP contribution in [0.2, 0.25) is 0 Å². The van der Waals surface area contributed by atoms with Gasteiger partial charge in [-0.3, -0.25) is 0 Å². The Morgan fingerprint density at radius 1 is 0.455 bits per heavy atom. The first-order valence-electron chi connectivity index (χ1n) is 15.6. The zero-order valence-corrected chi connectivity index (χ0v) is 26.3. The minimum atomic E-state index is -0.329. The average Bonchev–Trinajstić information content (AvgIpc) is 3.04. The molecule has 0 fully saturated rings. The molecule has 0 aromatic heterocycles. The summed E-state index contributed by atoms with van der Waals surface area (Å²) in [5, 5.41) is 0. The van der Waals surface area contributed by atoms with Crippen molar-refractivity contribution in [1.82, 2.24) is 0 Å². The van der Waals surface area contributed by atoms with Crippen molar-refractivity contribution in [1.29, 1.82) is 0 Å². The van der Waals surface area contributed by atoms with Crippen LogP contribution >= 0.6 is 0 Å². The molecule has 3 rings (SSSR count). The molecule has 6 heteroatoms. The summed E-state index contributed by atoms with van der Waals surface area (Å²) in [7, 11) is 0. The first kappa shape index (κ1) is 34.2. The van der Waals surface area contributed by atoms with E-state index >= 15 is 0 Å². The molecular weight excluding hydrogens is 552 g/mol. The Labute approximate surface area is 262 Å². The van der Waals surface area contributed by atoms with Crippen molar-refractivity contribution in [2.24, 2.45) is 0 Å². The average molecular weight is 599 g/mol. The SMILES string of the molecule is C=C(C)C(=O)OCCCCCCCOc1ccc(-c2ccc(-c3ccc(OCCCCCOC(=O)C(=C)C)cc3)cc2)cc1. The molecule has 0 heterocycles. The Morgan fingerprint density at radius 2 is 0.727 bits per heavy atom. The van der Waals surface area contributed by atoms with Gasteiger partial charge in [-0.15, -0.1) is 0 Å². The van der Waals surface area contributed by atoms with Gasteiger partial charge in [-0.2, -0.15) is 0 Å². The Kier molecular flexibility index (Phi) is 14.8. The van der Waals surface area contributed by atoms with E-state index in [1.165, 1.54) is 0 Å². The van der Waals surface area contributed by atoms with Crippen LogP contribution in [0, 0.1) is 0 Å². The highest BCUT2D eigenvalue weighted by Crippen LogP contribution is 2.27. The van der Waals surface area contributed by atoms with Gasteiger partial charge < -0.3 is 18.9 Å². The predicted molar refractivity (Wildman–Crippen MR) is 177 cm³/mol. The van der Waals surface area contributed by atoms with Crippen molar-refractivity contribution in [3.63, 3.8) is 0 Å². The molecule has 0 spiro atoms. The topological polar surface area (TPSA) is 71.1 Å². The van der Waals surface area contributed by atoms with E-state index in [1.807, 2.05) is 24.3 Å². The van der Waals surface area contributed by atoms with Crippen molar-refractivity contribution in [3.05, 3.63) is 97.1 Å². The lowest BCUT2D eigenvalue weighted by atomic mass is 10.0. The van der Waals surface area contributed by atoms with Crippen molar-refractivity contribution in [3.8, 4) is 33.8 Å². The van der Waals surface area contributed by atoms with Crippen molar-refractivity contribution in [2.45, 2.75) is 65.2 Å². The van der Waals surface area contributed by atoms with Crippen LogP contribution in [-0.2, 0) is 19.1 Å². The third-order valence-corrected chi connectivity index (χ3v) is 7.04. The highest BCUT2D eigenvalue weighted by molar-refractivity contribution is 5.87. The lowest BCUT2D eigenvalue weighted by Gasteiger charge is -2.09. The van der Waals surface area contributed by atoms with Gasteiger partial charge in [0, 0.05) is 11.1 Å². The van der Waals surface area contributed by atoms with Crippen LogP contribution in [0.5, 0.6) is 11.5 Å². The van der Waals surface area contributed by atoms with Gasteiger partial charge in [0.2, 0.25) is 0 Å².